The Morgan fingerprint density at radius 3 is 2.47 bits per heavy atom. The lowest BCUT2D eigenvalue weighted by molar-refractivity contribution is -0.131. The molecule has 0 heterocycles. The third-order valence-corrected chi connectivity index (χ3v) is 4.99. The molecule has 0 radical (unpaired) electrons. The van der Waals surface area contributed by atoms with Crippen molar-refractivity contribution >= 4 is 5.78 Å². The van der Waals surface area contributed by atoms with Gasteiger partial charge in [-0.1, -0.05) is 39.3 Å². The van der Waals surface area contributed by atoms with Crippen LogP contribution in [0.15, 0.2) is 11.6 Å². The van der Waals surface area contributed by atoms with Gasteiger partial charge >= 0.3 is 0 Å². The molecule has 1 aliphatic carbocycles. The van der Waals surface area contributed by atoms with Crippen molar-refractivity contribution in [3.8, 4) is 0 Å². The van der Waals surface area contributed by atoms with E-state index in [0.717, 1.165) is 6.42 Å². The molecule has 0 aromatic rings. The third-order valence-electron chi connectivity index (χ3n) is 4.99. The summed E-state index contributed by atoms with van der Waals surface area (Å²) in [6.07, 6.45) is 3.43. The molecule has 0 aromatic carbocycles. The molecule has 0 amide bonds. The van der Waals surface area contributed by atoms with Crippen molar-refractivity contribution < 1.29 is 9.90 Å². The lowest BCUT2D eigenvalue weighted by Crippen LogP contribution is -2.38. The first kappa shape index (κ1) is 14.4. The zero-order chi connectivity index (χ0) is 13.4. The molecule has 0 spiro atoms. The molecule has 0 fully saturated rings. The van der Waals surface area contributed by atoms with Gasteiger partial charge in [-0.05, 0) is 38.0 Å². The maximum atomic E-state index is 11.5. The Kier molecular flexibility index (Phi) is 3.87. The SMILES string of the molecule is CC(=O)C(C)(C)C(O)C[C@H]1CC=C(C)C1(C)C. The van der Waals surface area contributed by atoms with E-state index < -0.39 is 11.5 Å². The van der Waals surface area contributed by atoms with Gasteiger partial charge in [0.05, 0.1) is 6.10 Å². The maximum Gasteiger partial charge on any atom is 0.137 e. The number of carbonyl (C=O) groups excluding carboxylic acids is 1. The van der Waals surface area contributed by atoms with E-state index in [1.807, 2.05) is 13.8 Å². The fourth-order valence-electron chi connectivity index (χ4n) is 2.39. The van der Waals surface area contributed by atoms with Gasteiger partial charge in [0.1, 0.15) is 5.78 Å². The van der Waals surface area contributed by atoms with Gasteiger partial charge in [-0.25, -0.2) is 0 Å². The zero-order valence-electron chi connectivity index (χ0n) is 12.0. The van der Waals surface area contributed by atoms with E-state index in [4.69, 9.17) is 0 Å². The number of carbonyl (C=O) groups is 1. The minimum Gasteiger partial charge on any atom is -0.392 e. The maximum absolute atomic E-state index is 11.5. The van der Waals surface area contributed by atoms with E-state index >= 15 is 0 Å². The molecule has 2 heteroatoms. The van der Waals surface area contributed by atoms with Gasteiger partial charge < -0.3 is 5.11 Å². The van der Waals surface area contributed by atoms with Crippen LogP contribution in [0.3, 0.4) is 0 Å². The molecule has 1 aliphatic rings. The average Bonchev–Trinajstić information content (AvgIpc) is 2.44. The summed E-state index contributed by atoms with van der Waals surface area (Å²) in [5.74, 6) is 0.501. The second-order valence-corrected chi connectivity index (χ2v) is 6.57. The molecular weight excluding hydrogens is 212 g/mol. The van der Waals surface area contributed by atoms with Crippen molar-refractivity contribution in [2.24, 2.45) is 16.7 Å². The van der Waals surface area contributed by atoms with Gasteiger partial charge in [-0.3, -0.25) is 4.79 Å². The predicted octanol–water partition coefficient (Wildman–Crippen LogP) is 3.35. The first-order valence-corrected chi connectivity index (χ1v) is 6.46. The van der Waals surface area contributed by atoms with Crippen molar-refractivity contribution in [1.29, 1.82) is 0 Å². The van der Waals surface area contributed by atoms with E-state index in [0.29, 0.717) is 12.3 Å². The smallest absolute Gasteiger partial charge is 0.137 e. The first-order chi connectivity index (χ1) is 7.60. The summed E-state index contributed by atoms with van der Waals surface area (Å²) in [5, 5.41) is 10.3. The topological polar surface area (TPSA) is 37.3 Å². The van der Waals surface area contributed by atoms with Gasteiger partial charge in [0.25, 0.3) is 0 Å². The van der Waals surface area contributed by atoms with Crippen molar-refractivity contribution in [1.82, 2.24) is 0 Å². The first-order valence-electron chi connectivity index (χ1n) is 6.46. The van der Waals surface area contributed by atoms with Crippen LogP contribution in [0, 0.1) is 16.7 Å². The second-order valence-electron chi connectivity index (χ2n) is 6.57. The highest BCUT2D eigenvalue weighted by molar-refractivity contribution is 5.82. The van der Waals surface area contributed by atoms with Crippen LogP contribution >= 0.6 is 0 Å². The molecule has 2 atom stereocenters. The van der Waals surface area contributed by atoms with E-state index in [1.54, 1.807) is 6.92 Å². The van der Waals surface area contributed by atoms with Gasteiger partial charge in [0.2, 0.25) is 0 Å². The molecule has 1 rings (SSSR count). The van der Waals surface area contributed by atoms with Crippen LogP contribution in [0.1, 0.15) is 54.4 Å². The number of rotatable bonds is 4. The van der Waals surface area contributed by atoms with Gasteiger partial charge in [0.15, 0.2) is 0 Å². The summed E-state index contributed by atoms with van der Waals surface area (Å²) >= 11 is 0. The summed E-state index contributed by atoms with van der Waals surface area (Å²) in [5.41, 5.74) is 0.913. The average molecular weight is 238 g/mol. The van der Waals surface area contributed by atoms with Crippen LogP contribution < -0.4 is 0 Å². The minimum atomic E-state index is -0.632. The number of ketones is 1. The number of hydrogen-bond donors (Lipinski definition) is 1. The highest BCUT2D eigenvalue weighted by Gasteiger charge is 2.40. The van der Waals surface area contributed by atoms with E-state index in [-0.39, 0.29) is 11.2 Å². The van der Waals surface area contributed by atoms with Crippen LogP contribution in [-0.2, 0) is 4.79 Å². The van der Waals surface area contributed by atoms with Gasteiger partial charge in [-0.15, -0.1) is 0 Å². The highest BCUT2D eigenvalue weighted by atomic mass is 16.3. The highest BCUT2D eigenvalue weighted by Crippen LogP contribution is 2.46. The summed E-state index contributed by atoms with van der Waals surface area (Å²) in [7, 11) is 0. The van der Waals surface area contributed by atoms with Crippen LogP contribution in [0.25, 0.3) is 0 Å². The summed E-state index contributed by atoms with van der Waals surface area (Å²) in [6, 6.07) is 0. The summed E-state index contributed by atoms with van der Waals surface area (Å²) in [6.45, 7) is 11.8. The van der Waals surface area contributed by atoms with Crippen LogP contribution in [0.2, 0.25) is 0 Å². The second kappa shape index (κ2) is 4.56. The van der Waals surface area contributed by atoms with Gasteiger partial charge in [-0.2, -0.15) is 0 Å². The normalized spacial score (nSPS) is 25.6. The zero-order valence-corrected chi connectivity index (χ0v) is 12.0. The molecule has 2 nitrogen and oxygen atoms in total. The van der Waals surface area contributed by atoms with E-state index in [9.17, 15) is 9.90 Å². The number of Topliss-reactive ketones (excluding diaryl/α,β-unsaturated/α-hetero) is 1. The Morgan fingerprint density at radius 2 is 2.12 bits per heavy atom. The molecule has 0 aliphatic heterocycles. The van der Waals surface area contributed by atoms with Crippen LogP contribution in [0.4, 0.5) is 0 Å². The molecule has 0 saturated heterocycles. The Hall–Kier alpha value is -0.630. The van der Waals surface area contributed by atoms with E-state index in [2.05, 4.69) is 26.8 Å². The molecule has 1 unspecified atom stereocenters. The Bertz CT molecular complexity index is 337. The fourth-order valence-corrected chi connectivity index (χ4v) is 2.39. The van der Waals surface area contributed by atoms with Crippen molar-refractivity contribution in [3.05, 3.63) is 11.6 Å². The minimum absolute atomic E-state index is 0.0606. The molecule has 0 bridgehead atoms. The third kappa shape index (κ3) is 2.62. The summed E-state index contributed by atoms with van der Waals surface area (Å²) < 4.78 is 0. The standard InChI is InChI=1S/C15H26O2/c1-10-7-8-12(14(10,3)4)9-13(17)15(5,6)11(2)16/h7,12-13,17H,8-9H2,1-6H3/t12-,13?/m1/s1. The van der Waals surface area contributed by atoms with Crippen molar-refractivity contribution in [3.63, 3.8) is 0 Å². The molecule has 0 aromatic heterocycles. The van der Waals surface area contributed by atoms with Crippen LogP contribution in [-0.4, -0.2) is 17.0 Å². The quantitative estimate of drug-likeness (QED) is 0.763. The number of aliphatic hydroxyl groups excluding tert-OH is 1. The number of aliphatic hydroxyl groups is 1. The fraction of sp³-hybridized carbons (Fsp3) is 0.800. The van der Waals surface area contributed by atoms with Gasteiger partial charge in [0, 0.05) is 5.41 Å². The molecule has 0 saturated carbocycles. The number of hydrogen-bond acceptors (Lipinski definition) is 2. The molecule has 98 valence electrons. The molecule has 1 N–H and O–H groups in total. The Morgan fingerprint density at radius 1 is 1.59 bits per heavy atom. The van der Waals surface area contributed by atoms with Crippen LogP contribution in [0.5, 0.6) is 0 Å². The lowest BCUT2D eigenvalue weighted by Gasteiger charge is -2.35. The monoisotopic (exact) mass is 238 g/mol. The van der Waals surface area contributed by atoms with Crippen molar-refractivity contribution in [2.45, 2.75) is 60.5 Å². The molecular formula is C15H26O2. The predicted molar refractivity (Wildman–Crippen MR) is 70.7 cm³/mol. The Labute approximate surface area is 105 Å². The van der Waals surface area contributed by atoms with E-state index in [1.165, 1.54) is 5.57 Å². The Balaban J connectivity index is 2.72. The largest absolute Gasteiger partial charge is 0.392 e. The number of allylic oxidation sites excluding steroid dienone is 2. The molecule has 17 heavy (non-hydrogen) atoms. The lowest BCUT2D eigenvalue weighted by atomic mass is 9.71. The summed E-state index contributed by atoms with van der Waals surface area (Å²) in [4.78, 5) is 11.5. The van der Waals surface area contributed by atoms with Crippen molar-refractivity contribution in [2.75, 3.05) is 0 Å².